The number of nitrogens with one attached hydrogen (secondary N) is 1. The minimum atomic E-state index is -0.196. The predicted molar refractivity (Wildman–Crippen MR) is 85.6 cm³/mol. The lowest BCUT2D eigenvalue weighted by Crippen LogP contribution is -2.44. The number of allylic oxidation sites excluding steroid dienone is 3. The highest BCUT2D eigenvalue weighted by atomic mass is 32.1. The van der Waals surface area contributed by atoms with Crippen LogP contribution in [0.25, 0.3) is 5.57 Å². The van der Waals surface area contributed by atoms with E-state index >= 15 is 0 Å². The molecule has 0 bridgehead atoms. The number of hydrogen-bond acceptors (Lipinski definition) is 3. The Morgan fingerprint density at radius 3 is 2.80 bits per heavy atom. The molecule has 1 N–H and O–H groups in total. The molecule has 2 nitrogen and oxygen atoms in total. The summed E-state index contributed by atoms with van der Waals surface area (Å²) in [5.74, 6) is 0.760. The maximum Gasteiger partial charge on any atom is 0.130 e. The van der Waals surface area contributed by atoms with Crippen molar-refractivity contribution in [2.24, 2.45) is 0 Å². The second-order valence-electron chi connectivity index (χ2n) is 5.23. The molecule has 1 spiro atoms. The Kier molecular flexibility index (Phi) is 3.64. The van der Waals surface area contributed by atoms with Crippen LogP contribution in [0, 0.1) is 0 Å². The van der Waals surface area contributed by atoms with Crippen molar-refractivity contribution in [3.63, 3.8) is 0 Å². The van der Waals surface area contributed by atoms with Crippen LogP contribution < -0.4 is 5.32 Å². The average molecular weight is 285 g/mol. The molecule has 0 aliphatic carbocycles. The minimum absolute atomic E-state index is 0.196. The Morgan fingerprint density at radius 1 is 1.35 bits per heavy atom. The third kappa shape index (κ3) is 2.39. The van der Waals surface area contributed by atoms with Crippen molar-refractivity contribution in [2.75, 3.05) is 13.1 Å². The van der Waals surface area contributed by atoms with E-state index < -0.39 is 0 Å². The van der Waals surface area contributed by atoms with Crippen LogP contribution in [-0.4, -0.2) is 18.7 Å². The van der Waals surface area contributed by atoms with E-state index in [0.29, 0.717) is 0 Å². The summed E-state index contributed by atoms with van der Waals surface area (Å²) in [7, 11) is 0. The van der Waals surface area contributed by atoms with Crippen molar-refractivity contribution in [3.8, 4) is 0 Å². The summed E-state index contributed by atoms with van der Waals surface area (Å²) in [4.78, 5) is 0. The highest BCUT2D eigenvalue weighted by molar-refractivity contribution is 7.08. The standard InChI is InChI=1S/C17H19NOS/c1-3-4-15-13(2)19-17(6-8-18-9-7-17)11-16(15)14-5-10-20-12-14/h3-5,10-12,18H,1-2,6-9H2/b15-4+. The maximum atomic E-state index is 6.18. The van der Waals surface area contributed by atoms with E-state index in [4.69, 9.17) is 4.74 Å². The fourth-order valence-electron chi connectivity index (χ4n) is 2.87. The number of piperidine rings is 1. The molecular weight excluding hydrogens is 266 g/mol. The van der Waals surface area contributed by atoms with Crippen LogP contribution >= 0.6 is 11.3 Å². The second-order valence-corrected chi connectivity index (χ2v) is 6.01. The lowest BCUT2D eigenvalue weighted by atomic mass is 9.83. The molecule has 0 radical (unpaired) electrons. The Morgan fingerprint density at radius 2 is 2.15 bits per heavy atom. The first-order valence-electron chi connectivity index (χ1n) is 6.92. The van der Waals surface area contributed by atoms with Crippen LogP contribution in [0.3, 0.4) is 0 Å². The van der Waals surface area contributed by atoms with Gasteiger partial charge in [0.1, 0.15) is 11.4 Å². The van der Waals surface area contributed by atoms with E-state index in [0.717, 1.165) is 37.3 Å². The van der Waals surface area contributed by atoms with Gasteiger partial charge in [0.2, 0.25) is 0 Å². The molecule has 1 saturated heterocycles. The van der Waals surface area contributed by atoms with Crippen LogP contribution in [-0.2, 0) is 4.74 Å². The first-order chi connectivity index (χ1) is 9.74. The summed E-state index contributed by atoms with van der Waals surface area (Å²) >= 11 is 1.71. The normalized spacial score (nSPS) is 23.5. The van der Waals surface area contributed by atoms with Gasteiger partial charge >= 0.3 is 0 Å². The van der Waals surface area contributed by atoms with Gasteiger partial charge < -0.3 is 10.1 Å². The SMILES string of the molecule is C=C/C=C1\C(=C)OC2(C=C1c1ccsc1)CCNCC2. The van der Waals surface area contributed by atoms with Gasteiger partial charge in [-0.25, -0.2) is 0 Å². The van der Waals surface area contributed by atoms with Crippen molar-refractivity contribution in [3.05, 3.63) is 65.1 Å². The van der Waals surface area contributed by atoms with E-state index in [1.807, 2.05) is 6.08 Å². The molecular formula is C17H19NOS. The molecule has 0 aromatic carbocycles. The van der Waals surface area contributed by atoms with Crippen molar-refractivity contribution < 1.29 is 4.74 Å². The van der Waals surface area contributed by atoms with Gasteiger partial charge in [-0.3, -0.25) is 0 Å². The zero-order valence-electron chi connectivity index (χ0n) is 11.5. The molecule has 3 heterocycles. The monoisotopic (exact) mass is 285 g/mol. The molecule has 2 aliphatic heterocycles. The van der Waals surface area contributed by atoms with Crippen LogP contribution in [0.2, 0.25) is 0 Å². The molecule has 3 heteroatoms. The summed E-state index contributed by atoms with van der Waals surface area (Å²) < 4.78 is 6.18. The lowest BCUT2D eigenvalue weighted by molar-refractivity contribution is 0.0210. The van der Waals surface area contributed by atoms with Crippen LogP contribution in [0.5, 0.6) is 0 Å². The first kappa shape index (κ1) is 13.4. The van der Waals surface area contributed by atoms with Crippen LogP contribution in [0.4, 0.5) is 0 Å². The van der Waals surface area contributed by atoms with Crippen LogP contribution in [0.1, 0.15) is 18.4 Å². The summed E-state index contributed by atoms with van der Waals surface area (Å²) in [5.41, 5.74) is 3.32. The Balaban J connectivity index is 2.09. The smallest absolute Gasteiger partial charge is 0.130 e. The molecule has 1 aromatic heterocycles. The highest BCUT2D eigenvalue weighted by Crippen LogP contribution is 2.42. The highest BCUT2D eigenvalue weighted by Gasteiger charge is 2.37. The molecule has 1 aromatic rings. The van der Waals surface area contributed by atoms with Crippen molar-refractivity contribution in [2.45, 2.75) is 18.4 Å². The minimum Gasteiger partial charge on any atom is -0.483 e. The van der Waals surface area contributed by atoms with Gasteiger partial charge in [-0.05, 0) is 47.1 Å². The third-order valence-corrected chi connectivity index (χ3v) is 4.57. The molecule has 2 aliphatic rings. The average Bonchev–Trinajstić information content (AvgIpc) is 2.97. The Bertz CT molecular complexity index is 574. The van der Waals surface area contributed by atoms with Crippen LogP contribution in [0.15, 0.2) is 59.5 Å². The number of thiophene rings is 1. The lowest BCUT2D eigenvalue weighted by Gasteiger charge is -2.40. The zero-order chi connectivity index (χ0) is 14.0. The summed E-state index contributed by atoms with van der Waals surface area (Å²) in [5, 5.41) is 7.67. The van der Waals surface area contributed by atoms with Gasteiger partial charge in [0.05, 0.1) is 0 Å². The molecule has 104 valence electrons. The molecule has 0 saturated carbocycles. The van der Waals surface area contributed by atoms with Gasteiger partial charge in [0, 0.05) is 18.4 Å². The van der Waals surface area contributed by atoms with Crippen molar-refractivity contribution >= 4 is 16.9 Å². The van der Waals surface area contributed by atoms with Crippen molar-refractivity contribution in [1.82, 2.24) is 5.32 Å². The number of ether oxygens (including phenoxy) is 1. The summed E-state index contributed by atoms with van der Waals surface area (Å²) in [6.45, 7) is 9.90. The fraction of sp³-hybridized carbons (Fsp3) is 0.294. The van der Waals surface area contributed by atoms with Gasteiger partial charge in [-0.1, -0.05) is 25.3 Å². The van der Waals surface area contributed by atoms with E-state index in [-0.39, 0.29) is 5.60 Å². The van der Waals surface area contributed by atoms with E-state index in [1.165, 1.54) is 11.1 Å². The third-order valence-electron chi connectivity index (χ3n) is 3.89. The quantitative estimate of drug-likeness (QED) is 0.889. The zero-order valence-corrected chi connectivity index (χ0v) is 12.3. The molecule has 20 heavy (non-hydrogen) atoms. The molecule has 0 atom stereocenters. The maximum absolute atomic E-state index is 6.18. The molecule has 0 unspecified atom stereocenters. The van der Waals surface area contributed by atoms with Gasteiger partial charge in [0.25, 0.3) is 0 Å². The number of hydrogen-bond donors (Lipinski definition) is 1. The van der Waals surface area contributed by atoms with Gasteiger partial charge in [0.15, 0.2) is 0 Å². The Hall–Kier alpha value is -1.58. The van der Waals surface area contributed by atoms with Crippen molar-refractivity contribution in [1.29, 1.82) is 0 Å². The molecule has 0 amide bonds. The topological polar surface area (TPSA) is 21.3 Å². The fourth-order valence-corrected chi connectivity index (χ4v) is 3.53. The van der Waals surface area contributed by atoms with E-state index in [1.54, 1.807) is 17.4 Å². The van der Waals surface area contributed by atoms with E-state index in [2.05, 4.69) is 41.4 Å². The molecule has 3 rings (SSSR count). The van der Waals surface area contributed by atoms with Gasteiger partial charge in [-0.2, -0.15) is 11.3 Å². The summed E-state index contributed by atoms with van der Waals surface area (Å²) in [6.07, 6.45) is 8.05. The Labute approximate surface area is 124 Å². The first-order valence-corrected chi connectivity index (χ1v) is 7.86. The van der Waals surface area contributed by atoms with Gasteiger partial charge in [-0.15, -0.1) is 0 Å². The molecule has 1 fully saturated rings. The summed E-state index contributed by atoms with van der Waals surface area (Å²) in [6, 6.07) is 2.15. The number of rotatable bonds is 2. The van der Waals surface area contributed by atoms with E-state index in [9.17, 15) is 0 Å². The second kappa shape index (κ2) is 5.43. The largest absolute Gasteiger partial charge is 0.483 e. The predicted octanol–water partition coefficient (Wildman–Crippen LogP) is 3.91.